The van der Waals surface area contributed by atoms with Crippen LogP contribution in [-0.4, -0.2) is 42.4 Å². The van der Waals surface area contributed by atoms with Crippen LogP contribution in [0, 0.1) is 5.92 Å². The molecule has 3 aromatic heterocycles. The fourth-order valence-corrected chi connectivity index (χ4v) is 4.54. The van der Waals surface area contributed by atoms with Gasteiger partial charge in [0.1, 0.15) is 5.82 Å². The van der Waals surface area contributed by atoms with E-state index >= 15 is 0 Å². The summed E-state index contributed by atoms with van der Waals surface area (Å²) in [5.74, 6) is 1.68. The summed E-state index contributed by atoms with van der Waals surface area (Å²) < 4.78 is 4.07. The average Bonchev–Trinajstić information content (AvgIpc) is 3.35. The molecule has 0 bridgehead atoms. The maximum absolute atomic E-state index is 4.44. The van der Waals surface area contributed by atoms with Gasteiger partial charge in [0.15, 0.2) is 5.65 Å². The first kappa shape index (κ1) is 18.1. The van der Waals surface area contributed by atoms with E-state index in [9.17, 15) is 0 Å². The molecule has 148 valence electrons. The zero-order valence-electron chi connectivity index (χ0n) is 16.8. The van der Waals surface area contributed by atoms with E-state index in [-0.39, 0.29) is 0 Å². The summed E-state index contributed by atoms with van der Waals surface area (Å²) in [6.07, 6.45) is 7.39. The standard InChI is InChI=1S/C23H26N6/c1-27-21(11-12-24-27)20-9-3-2-8-19(20)17-28-13-6-7-18(16-28)15-23-26-25-22-10-4-5-14-29(22)23/h2-5,8-12,14,18H,6-7,13,15-17H2,1H3. The second kappa shape index (κ2) is 7.79. The van der Waals surface area contributed by atoms with Gasteiger partial charge in [0, 0.05) is 44.5 Å². The lowest BCUT2D eigenvalue weighted by Gasteiger charge is -2.33. The van der Waals surface area contributed by atoms with E-state index in [4.69, 9.17) is 0 Å². The van der Waals surface area contributed by atoms with E-state index in [0.717, 1.165) is 37.5 Å². The highest BCUT2D eigenvalue weighted by Gasteiger charge is 2.23. The predicted octanol–water partition coefficient (Wildman–Crippen LogP) is 3.58. The van der Waals surface area contributed by atoms with Crippen molar-refractivity contribution in [3.8, 4) is 11.3 Å². The maximum Gasteiger partial charge on any atom is 0.160 e. The molecule has 0 amide bonds. The lowest BCUT2D eigenvalue weighted by atomic mass is 9.93. The Morgan fingerprint density at radius 2 is 1.93 bits per heavy atom. The fraction of sp³-hybridized carbons (Fsp3) is 0.348. The van der Waals surface area contributed by atoms with Gasteiger partial charge in [0.25, 0.3) is 0 Å². The molecule has 0 radical (unpaired) electrons. The quantitative estimate of drug-likeness (QED) is 0.526. The Morgan fingerprint density at radius 1 is 1.03 bits per heavy atom. The third-order valence-electron chi connectivity index (χ3n) is 5.97. The monoisotopic (exact) mass is 386 g/mol. The second-order valence-corrected chi connectivity index (χ2v) is 7.99. The van der Waals surface area contributed by atoms with Crippen LogP contribution in [0.4, 0.5) is 0 Å². The SMILES string of the molecule is Cn1nccc1-c1ccccc1CN1CCCC(Cc2nnc3ccccn23)C1. The van der Waals surface area contributed by atoms with Crippen LogP contribution in [0.5, 0.6) is 0 Å². The van der Waals surface area contributed by atoms with Gasteiger partial charge in [-0.3, -0.25) is 14.0 Å². The van der Waals surface area contributed by atoms with Crippen LogP contribution < -0.4 is 0 Å². The Labute approximate surface area is 170 Å². The number of nitrogens with zero attached hydrogens (tertiary/aromatic N) is 6. The molecule has 1 aliphatic rings. The first-order chi connectivity index (χ1) is 14.3. The van der Waals surface area contributed by atoms with Crippen molar-refractivity contribution in [3.63, 3.8) is 0 Å². The van der Waals surface area contributed by atoms with Gasteiger partial charge in [-0.15, -0.1) is 10.2 Å². The third-order valence-corrected chi connectivity index (χ3v) is 5.97. The Balaban J connectivity index is 1.32. The van der Waals surface area contributed by atoms with Crippen molar-refractivity contribution >= 4 is 5.65 Å². The van der Waals surface area contributed by atoms with Crippen molar-refractivity contribution in [3.05, 3.63) is 72.3 Å². The van der Waals surface area contributed by atoms with Crippen LogP contribution in [0.3, 0.4) is 0 Å². The number of aryl methyl sites for hydroxylation is 1. The number of rotatable bonds is 5. The van der Waals surface area contributed by atoms with Gasteiger partial charge in [-0.1, -0.05) is 30.3 Å². The summed E-state index contributed by atoms with van der Waals surface area (Å²) in [5, 5.41) is 13.1. The summed E-state index contributed by atoms with van der Waals surface area (Å²) in [7, 11) is 2.01. The largest absolute Gasteiger partial charge is 0.299 e. The van der Waals surface area contributed by atoms with Gasteiger partial charge in [-0.2, -0.15) is 5.10 Å². The third kappa shape index (κ3) is 3.68. The minimum Gasteiger partial charge on any atom is -0.299 e. The molecule has 0 aliphatic carbocycles. The molecule has 0 spiro atoms. The number of likely N-dealkylation sites (tertiary alicyclic amines) is 1. The lowest BCUT2D eigenvalue weighted by molar-refractivity contribution is 0.166. The highest BCUT2D eigenvalue weighted by molar-refractivity contribution is 5.63. The molecular weight excluding hydrogens is 360 g/mol. The molecule has 1 fully saturated rings. The van der Waals surface area contributed by atoms with E-state index in [2.05, 4.69) is 61.1 Å². The summed E-state index contributed by atoms with van der Waals surface area (Å²) in [6, 6.07) is 16.9. The number of benzene rings is 1. The second-order valence-electron chi connectivity index (χ2n) is 7.99. The van der Waals surface area contributed by atoms with Crippen LogP contribution in [0.2, 0.25) is 0 Å². The van der Waals surface area contributed by atoms with Gasteiger partial charge < -0.3 is 0 Å². The van der Waals surface area contributed by atoms with Gasteiger partial charge in [0.2, 0.25) is 0 Å². The molecule has 4 heterocycles. The first-order valence-corrected chi connectivity index (χ1v) is 10.4. The molecule has 1 saturated heterocycles. The van der Waals surface area contributed by atoms with Crippen molar-refractivity contribution in [1.29, 1.82) is 0 Å². The first-order valence-electron chi connectivity index (χ1n) is 10.4. The highest BCUT2D eigenvalue weighted by atomic mass is 15.3. The average molecular weight is 387 g/mol. The normalized spacial score (nSPS) is 17.8. The molecule has 6 nitrogen and oxygen atoms in total. The minimum absolute atomic E-state index is 0.611. The summed E-state index contributed by atoms with van der Waals surface area (Å²) in [4.78, 5) is 2.59. The van der Waals surface area contributed by atoms with Crippen LogP contribution in [0.25, 0.3) is 16.9 Å². The van der Waals surface area contributed by atoms with E-state index in [0.29, 0.717) is 5.92 Å². The smallest absolute Gasteiger partial charge is 0.160 e. The molecule has 5 rings (SSSR count). The molecule has 0 N–H and O–H groups in total. The number of piperidine rings is 1. The highest BCUT2D eigenvalue weighted by Crippen LogP contribution is 2.27. The van der Waals surface area contributed by atoms with Crippen LogP contribution in [0.15, 0.2) is 60.9 Å². The number of pyridine rings is 1. The molecule has 1 unspecified atom stereocenters. The van der Waals surface area contributed by atoms with Crippen LogP contribution in [0.1, 0.15) is 24.2 Å². The van der Waals surface area contributed by atoms with E-state index in [1.807, 2.05) is 36.1 Å². The molecule has 1 aliphatic heterocycles. The zero-order chi connectivity index (χ0) is 19.6. The molecule has 1 aromatic carbocycles. The number of fused-ring (bicyclic) bond motifs is 1. The van der Waals surface area contributed by atoms with Crippen molar-refractivity contribution in [2.45, 2.75) is 25.8 Å². The van der Waals surface area contributed by atoms with E-state index < -0.39 is 0 Å². The number of hydrogen-bond acceptors (Lipinski definition) is 4. The van der Waals surface area contributed by atoms with E-state index in [1.54, 1.807) is 0 Å². The zero-order valence-corrected chi connectivity index (χ0v) is 16.8. The maximum atomic E-state index is 4.44. The molecular formula is C23H26N6. The van der Waals surface area contributed by atoms with Gasteiger partial charge in [-0.05, 0) is 49.1 Å². The lowest BCUT2D eigenvalue weighted by Crippen LogP contribution is -2.36. The number of aromatic nitrogens is 5. The Bertz CT molecular complexity index is 1110. The number of hydrogen-bond donors (Lipinski definition) is 0. The van der Waals surface area contributed by atoms with Crippen LogP contribution >= 0.6 is 0 Å². The van der Waals surface area contributed by atoms with Crippen molar-refractivity contribution < 1.29 is 0 Å². The van der Waals surface area contributed by atoms with Crippen LogP contribution in [-0.2, 0) is 20.0 Å². The predicted molar refractivity (Wildman–Crippen MR) is 113 cm³/mol. The Morgan fingerprint density at radius 3 is 2.83 bits per heavy atom. The fourth-order valence-electron chi connectivity index (χ4n) is 4.54. The van der Waals surface area contributed by atoms with Crippen molar-refractivity contribution in [2.75, 3.05) is 13.1 Å². The topological polar surface area (TPSA) is 51.2 Å². The molecule has 4 aromatic rings. The van der Waals surface area contributed by atoms with Crippen molar-refractivity contribution in [1.82, 2.24) is 29.3 Å². The Hall–Kier alpha value is -2.99. The molecule has 1 atom stereocenters. The Kier molecular flexibility index (Phi) is 4.86. The summed E-state index contributed by atoms with van der Waals surface area (Å²) in [6.45, 7) is 3.22. The molecule has 0 saturated carbocycles. The van der Waals surface area contributed by atoms with Gasteiger partial charge >= 0.3 is 0 Å². The van der Waals surface area contributed by atoms with E-state index in [1.165, 1.54) is 29.7 Å². The summed E-state index contributed by atoms with van der Waals surface area (Å²) in [5.41, 5.74) is 4.74. The van der Waals surface area contributed by atoms with Gasteiger partial charge in [-0.25, -0.2) is 0 Å². The summed E-state index contributed by atoms with van der Waals surface area (Å²) >= 11 is 0. The minimum atomic E-state index is 0.611. The van der Waals surface area contributed by atoms with Crippen molar-refractivity contribution in [2.24, 2.45) is 13.0 Å². The molecule has 29 heavy (non-hydrogen) atoms. The van der Waals surface area contributed by atoms with Gasteiger partial charge in [0.05, 0.1) is 5.69 Å². The molecule has 6 heteroatoms.